The maximum atomic E-state index is 12.8. The Morgan fingerprint density at radius 2 is 1.91 bits per heavy atom. The summed E-state index contributed by atoms with van der Waals surface area (Å²) in [5.74, 6) is 0.666. The minimum Gasteiger partial charge on any atom is -0.493 e. The zero-order chi connectivity index (χ0) is 16.7. The number of hydrogen-bond donors (Lipinski definition) is 0. The van der Waals surface area contributed by atoms with Gasteiger partial charge < -0.3 is 14.5 Å². The van der Waals surface area contributed by atoms with Crippen LogP contribution in [-0.2, 0) is 0 Å². The first-order valence-electron chi connectivity index (χ1n) is 8.52. The van der Waals surface area contributed by atoms with Crippen LogP contribution in [0.1, 0.15) is 43.0 Å². The third kappa shape index (κ3) is 5.40. The number of piperazine rings is 1. The molecule has 1 heterocycles. The molecule has 4 nitrogen and oxygen atoms in total. The fourth-order valence-electron chi connectivity index (χ4n) is 2.69. The Balaban J connectivity index is 2.01. The van der Waals surface area contributed by atoms with Crippen LogP contribution in [0.25, 0.3) is 0 Å². The number of nitrogens with zero attached hydrogens (tertiary/aromatic N) is 2. The Morgan fingerprint density at radius 1 is 1.17 bits per heavy atom. The highest BCUT2D eigenvalue weighted by Gasteiger charge is 2.23. The summed E-state index contributed by atoms with van der Waals surface area (Å²) >= 11 is 6.09. The van der Waals surface area contributed by atoms with Gasteiger partial charge in [-0.1, -0.05) is 37.8 Å². The SMILES string of the molecule is CCCCCCOc1ccc(Cl)cc1C(=O)N1CCN(C)CC1. The highest BCUT2D eigenvalue weighted by atomic mass is 35.5. The summed E-state index contributed by atoms with van der Waals surface area (Å²) in [6, 6.07) is 5.32. The Bertz CT molecular complexity index is 514. The number of rotatable bonds is 7. The van der Waals surface area contributed by atoms with E-state index in [4.69, 9.17) is 16.3 Å². The maximum Gasteiger partial charge on any atom is 0.257 e. The number of likely N-dealkylation sites (N-methyl/N-ethyl adjacent to an activating group) is 1. The Morgan fingerprint density at radius 3 is 2.61 bits per heavy atom. The Kier molecular flexibility index (Phi) is 7.18. The zero-order valence-electron chi connectivity index (χ0n) is 14.2. The van der Waals surface area contributed by atoms with E-state index in [2.05, 4.69) is 18.9 Å². The summed E-state index contributed by atoms with van der Waals surface area (Å²) in [6.45, 7) is 6.13. The molecule has 5 heteroatoms. The van der Waals surface area contributed by atoms with Gasteiger partial charge in [0.2, 0.25) is 0 Å². The standard InChI is InChI=1S/C18H27ClN2O2/c1-3-4-5-6-13-23-17-8-7-15(19)14-16(17)18(22)21-11-9-20(2)10-12-21/h7-8,14H,3-6,9-13H2,1-2H3. The molecule has 128 valence electrons. The average Bonchev–Trinajstić information content (AvgIpc) is 2.56. The van der Waals surface area contributed by atoms with Crippen molar-refractivity contribution in [1.29, 1.82) is 0 Å². The van der Waals surface area contributed by atoms with Gasteiger partial charge in [0.05, 0.1) is 12.2 Å². The van der Waals surface area contributed by atoms with Crippen LogP contribution in [-0.4, -0.2) is 55.5 Å². The molecule has 0 saturated carbocycles. The van der Waals surface area contributed by atoms with Gasteiger partial charge in [-0.15, -0.1) is 0 Å². The van der Waals surface area contributed by atoms with Crippen molar-refractivity contribution in [3.05, 3.63) is 28.8 Å². The lowest BCUT2D eigenvalue weighted by molar-refractivity contribution is 0.0659. The molecule has 1 aliphatic heterocycles. The van der Waals surface area contributed by atoms with Crippen LogP contribution < -0.4 is 4.74 Å². The number of carbonyl (C=O) groups excluding carboxylic acids is 1. The molecule has 0 aromatic heterocycles. The molecule has 0 N–H and O–H groups in total. The van der Waals surface area contributed by atoms with E-state index in [9.17, 15) is 4.79 Å². The topological polar surface area (TPSA) is 32.8 Å². The summed E-state index contributed by atoms with van der Waals surface area (Å²) in [5, 5.41) is 0.570. The monoisotopic (exact) mass is 338 g/mol. The van der Waals surface area contributed by atoms with E-state index >= 15 is 0 Å². The van der Waals surface area contributed by atoms with E-state index in [1.807, 2.05) is 11.0 Å². The molecule has 0 atom stereocenters. The third-order valence-corrected chi connectivity index (χ3v) is 4.45. The van der Waals surface area contributed by atoms with Gasteiger partial charge in [-0.25, -0.2) is 0 Å². The highest BCUT2D eigenvalue weighted by Crippen LogP contribution is 2.25. The van der Waals surface area contributed by atoms with Gasteiger partial charge in [0.25, 0.3) is 5.91 Å². The van der Waals surface area contributed by atoms with Crippen LogP contribution >= 0.6 is 11.6 Å². The van der Waals surface area contributed by atoms with E-state index in [1.54, 1.807) is 12.1 Å². The number of unbranched alkanes of at least 4 members (excludes halogenated alkanes) is 3. The summed E-state index contributed by atoms with van der Waals surface area (Å²) in [4.78, 5) is 16.9. The van der Waals surface area contributed by atoms with Crippen LogP contribution in [0.5, 0.6) is 5.75 Å². The van der Waals surface area contributed by atoms with Gasteiger partial charge >= 0.3 is 0 Å². The number of benzene rings is 1. The molecule has 0 radical (unpaired) electrons. The summed E-state index contributed by atoms with van der Waals surface area (Å²) in [7, 11) is 2.08. The second kappa shape index (κ2) is 9.14. The van der Waals surface area contributed by atoms with Crippen molar-refractivity contribution in [2.45, 2.75) is 32.6 Å². The number of ether oxygens (including phenoxy) is 1. The van der Waals surface area contributed by atoms with Crippen molar-refractivity contribution < 1.29 is 9.53 Å². The summed E-state index contributed by atoms with van der Waals surface area (Å²) in [6.07, 6.45) is 4.59. The molecule has 2 rings (SSSR count). The van der Waals surface area contributed by atoms with E-state index in [0.717, 1.165) is 39.0 Å². The lowest BCUT2D eigenvalue weighted by atomic mass is 10.1. The van der Waals surface area contributed by atoms with Gasteiger partial charge in [0.1, 0.15) is 5.75 Å². The van der Waals surface area contributed by atoms with Crippen molar-refractivity contribution in [3.8, 4) is 5.75 Å². The molecule has 1 aliphatic rings. The minimum atomic E-state index is 0.0177. The molecule has 0 aliphatic carbocycles. The Hall–Kier alpha value is -1.26. The number of carbonyl (C=O) groups is 1. The van der Waals surface area contributed by atoms with Crippen LogP contribution in [0.4, 0.5) is 0 Å². The zero-order valence-corrected chi connectivity index (χ0v) is 14.9. The summed E-state index contributed by atoms with van der Waals surface area (Å²) < 4.78 is 5.86. The largest absolute Gasteiger partial charge is 0.493 e. The predicted molar refractivity (Wildman–Crippen MR) is 94.5 cm³/mol. The van der Waals surface area contributed by atoms with E-state index in [1.165, 1.54) is 12.8 Å². The predicted octanol–water partition coefficient (Wildman–Crippen LogP) is 3.69. The normalized spacial score (nSPS) is 15.7. The lowest BCUT2D eigenvalue weighted by Crippen LogP contribution is -2.47. The van der Waals surface area contributed by atoms with Crippen molar-refractivity contribution in [3.63, 3.8) is 0 Å². The molecule has 1 amide bonds. The van der Waals surface area contributed by atoms with Crippen LogP contribution in [0.15, 0.2) is 18.2 Å². The lowest BCUT2D eigenvalue weighted by Gasteiger charge is -2.32. The molecule has 1 saturated heterocycles. The van der Waals surface area contributed by atoms with Crippen LogP contribution in [0.2, 0.25) is 5.02 Å². The third-order valence-electron chi connectivity index (χ3n) is 4.22. The molecule has 1 aromatic carbocycles. The first-order chi connectivity index (χ1) is 11.1. The second-order valence-corrected chi connectivity index (χ2v) is 6.58. The van der Waals surface area contributed by atoms with Crippen molar-refractivity contribution >= 4 is 17.5 Å². The number of halogens is 1. The molecular formula is C18H27ClN2O2. The van der Waals surface area contributed by atoms with Gasteiger partial charge in [0.15, 0.2) is 0 Å². The van der Waals surface area contributed by atoms with Crippen molar-refractivity contribution in [2.24, 2.45) is 0 Å². The molecule has 0 spiro atoms. The Labute approximate surface area is 144 Å². The first-order valence-corrected chi connectivity index (χ1v) is 8.89. The van der Waals surface area contributed by atoms with Crippen LogP contribution in [0, 0.1) is 0 Å². The van der Waals surface area contributed by atoms with E-state index in [0.29, 0.717) is 22.9 Å². The van der Waals surface area contributed by atoms with Crippen molar-refractivity contribution in [1.82, 2.24) is 9.80 Å². The van der Waals surface area contributed by atoms with Gasteiger partial charge in [-0.05, 0) is 31.7 Å². The molecule has 1 aromatic rings. The average molecular weight is 339 g/mol. The fraction of sp³-hybridized carbons (Fsp3) is 0.611. The second-order valence-electron chi connectivity index (χ2n) is 6.15. The van der Waals surface area contributed by atoms with E-state index in [-0.39, 0.29) is 5.91 Å². The van der Waals surface area contributed by atoms with Crippen LogP contribution in [0.3, 0.4) is 0 Å². The first kappa shape index (κ1) is 18.1. The molecule has 23 heavy (non-hydrogen) atoms. The molecular weight excluding hydrogens is 312 g/mol. The van der Waals surface area contributed by atoms with Gasteiger partial charge in [0, 0.05) is 31.2 Å². The molecule has 0 unspecified atom stereocenters. The van der Waals surface area contributed by atoms with Gasteiger partial charge in [-0.3, -0.25) is 4.79 Å². The molecule has 1 fully saturated rings. The van der Waals surface area contributed by atoms with Gasteiger partial charge in [-0.2, -0.15) is 0 Å². The van der Waals surface area contributed by atoms with Crippen molar-refractivity contribution in [2.75, 3.05) is 39.8 Å². The highest BCUT2D eigenvalue weighted by molar-refractivity contribution is 6.31. The quantitative estimate of drug-likeness (QED) is 0.711. The fourth-order valence-corrected chi connectivity index (χ4v) is 2.86. The van der Waals surface area contributed by atoms with E-state index < -0.39 is 0 Å². The number of hydrogen-bond acceptors (Lipinski definition) is 3. The maximum absolute atomic E-state index is 12.8. The molecule has 0 bridgehead atoms. The minimum absolute atomic E-state index is 0.0177. The summed E-state index contributed by atoms with van der Waals surface area (Å²) in [5.41, 5.74) is 0.581. The smallest absolute Gasteiger partial charge is 0.257 e. The number of amides is 1.